The average molecular weight is 295 g/mol. The van der Waals surface area contributed by atoms with Crippen LogP contribution < -0.4 is 14.8 Å². The summed E-state index contributed by atoms with van der Waals surface area (Å²) < 4.78 is 11.3. The fourth-order valence-electron chi connectivity index (χ4n) is 2.38. The Hall–Kier alpha value is -1.26. The number of aliphatic hydroxyl groups excluding tert-OH is 1. The summed E-state index contributed by atoms with van der Waals surface area (Å²) in [5, 5.41) is 12.9. The topological polar surface area (TPSA) is 50.7 Å². The van der Waals surface area contributed by atoms with E-state index in [1.807, 2.05) is 38.1 Å². The highest BCUT2D eigenvalue weighted by Crippen LogP contribution is 2.26. The fraction of sp³-hybridized carbons (Fsp3) is 0.647. The molecule has 120 valence electrons. The Labute approximate surface area is 128 Å². The van der Waals surface area contributed by atoms with Crippen LogP contribution in [-0.2, 0) is 0 Å². The van der Waals surface area contributed by atoms with Crippen LogP contribution in [0.1, 0.15) is 40.5 Å². The molecule has 1 aromatic rings. The lowest BCUT2D eigenvalue weighted by Gasteiger charge is -2.31. The molecular weight excluding hydrogens is 266 g/mol. The number of ether oxygens (including phenoxy) is 2. The van der Waals surface area contributed by atoms with Crippen LogP contribution in [0, 0.1) is 0 Å². The number of hydrogen-bond acceptors (Lipinski definition) is 4. The van der Waals surface area contributed by atoms with E-state index in [-0.39, 0.29) is 12.1 Å². The van der Waals surface area contributed by atoms with Crippen molar-refractivity contribution in [2.24, 2.45) is 0 Å². The van der Waals surface area contributed by atoms with Gasteiger partial charge in [0.05, 0.1) is 19.8 Å². The number of aliphatic hydroxyl groups is 1. The number of para-hydroxylation sites is 2. The number of nitrogens with one attached hydrogen (secondary N) is 1. The van der Waals surface area contributed by atoms with Gasteiger partial charge in [-0.15, -0.1) is 0 Å². The molecule has 21 heavy (non-hydrogen) atoms. The third-order valence-corrected chi connectivity index (χ3v) is 3.27. The molecule has 1 atom stereocenters. The van der Waals surface area contributed by atoms with Crippen molar-refractivity contribution in [2.45, 2.75) is 52.1 Å². The largest absolute Gasteiger partial charge is 0.490 e. The van der Waals surface area contributed by atoms with E-state index in [1.165, 1.54) is 0 Å². The minimum atomic E-state index is -0.253. The highest BCUT2D eigenvalue weighted by atomic mass is 16.5. The molecule has 0 saturated carbocycles. The predicted molar refractivity (Wildman–Crippen MR) is 86.1 cm³/mol. The summed E-state index contributed by atoms with van der Waals surface area (Å²) >= 11 is 0. The molecule has 0 aliphatic carbocycles. The summed E-state index contributed by atoms with van der Waals surface area (Å²) in [5.41, 5.74) is -0.253. The standard InChI is InChI=1S/C17H29NO3/c1-5-20-15-9-6-7-10-16(15)21-12-8-11-17(4,13-19)18-14(2)3/h6-7,9-10,14,18-19H,5,8,11-13H2,1-4H3. The molecule has 0 spiro atoms. The Kier molecular flexibility index (Phi) is 7.54. The van der Waals surface area contributed by atoms with E-state index in [2.05, 4.69) is 19.2 Å². The van der Waals surface area contributed by atoms with Crippen molar-refractivity contribution in [3.8, 4) is 11.5 Å². The molecule has 0 aromatic heterocycles. The van der Waals surface area contributed by atoms with Crippen molar-refractivity contribution < 1.29 is 14.6 Å². The van der Waals surface area contributed by atoms with Crippen LogP contribution in [0.4, 0.5) is 0 Å². The van der Waals surface area contributed by atoms with Crippen molar-refractivity contribution in [2.75, 3.05) is 19.8 Å². The Morgan fingerprint density at radius 2 is 1.81 bits per heavy atom. The molecule has 0 aliphatic heterocycles. The molecule has 0 fully saturated rings. The van der Waals surface area contributed by atoms with E-state index in [4.69, 9.17) is 9.47 Å². The third kappa shape index (κ3) is 6.36. The highest BCUT2D eigenvalue weighted by molar-refractivity contribution is 5.39. The van der Waals surface area contributed by atoms with Gasteiger partial charge >= 0.3 is 0 Å². The maximum atomic E-state index is 9.54. The van der Waals surface area contributed by atoms with E-state index >= 15 is 0 Å². The monoisotopic (exact) mass is 295 g/mol. The van der Waals surface area contributed by atoms with Crippen molar-refractivity contribution in [3.05, 3.63) is 24.3 Å². The molecule has 1 aromatic carbocycles. The quantitative estimate of drug-likeness (QED) is 0.652. The normalized spacial score (nSPS) is 14.0. The molecular formula is C17H29NO3. The number of benzene rings is 1. The van der Waals surface area contributed by atoms with Crippen molar-refractivity contribution in [1.29, 1.82) is 0 Å². The van der Waals surface area contributed by atoms with Gasteiger partial charge in [-0.25, -0.2) is 0 Å². The molecule has 0 aliphatic rings. The first-order valence-corrected chi connectivity index (χ1v) is 7.74. The third-order valence-electron chi connectivity index (χ3n) is 3.27. The van der Waals surface area contributed by atoms with Crippen molar-refractivity contribution >= 4 is 0 Å². The van der Waals surface area contributed by atoms with Gasteiger partial charge in [0.2, 0.25) is 0 Å². The lowest BCUT2D eigenvalue weighted by atomic mass is 9.96. The smallest absolute Gasteiger partial charge is 0.161 e. The molecule has 1 unspecified atom stereocenters. The summed E-state index contributed by atoms with van der Waals surface area (Å²) in [6, 6.07) is 8.06. The molecule has 2 N–H and O–H groups in total. The van der Waals surface area contributed by atoms with Crippen LogP contribution in [0.5, 0.6) is 11.5 Å². The zero-order valence-electron chi connectivity index (χ0n) is 13.7. The zero-order chi connectivity index (χ0) is 15.7. The molecule has 0 radical (unpaired) electrons. The van der Waals surface area contributed by atoms with Crippen molar-refractivity contribution in [3.63, 3.8) is 0 Å². The summed E-state index contributed by atoms with van der Waals surface area (Å²) in [6.07, 6.45) is 1.73. The van der Waals surface area contributed by atoms with Crippen LogP contribution in [0.25, 0.3) is 0 Å². The van der Waals surface area contributed by atoms with Gasteiger partial charge in [0.25, 0.3) is 0 Å². The molecule has 0 bridgehead atoms. The van der Waals surface area contributed by atoms with Crippen LogP contribution in [0.3, 0.4) is 0 Å². The first kappa shape index (κ1) is 17.8. The summed E-state index contributed by atoms with van der Waals surface area (Å²) in [6.45, 7) is 9.54. The molecule has 0 heterocycles. The van der Waals surface area contributed by atoms with Gasteiger partial charge in [0.15, 0.2) is 11.5 Å². The van der Waals surface area contributed by atoms with Crippen LogP contribution >= 0.6 is 0 Å². The lowest BCUT2D eigenvalue weighted by molar-refractivity contribution is 0.147. The van der Waals surface area contributed by atoms with Crippen molar-refractivity contribution in [1.82, 2.24) is 5.32 Å². The maximum absolute atomic E-state index is 9.54. The highest BCUT2D eigenvalue weighted by Gasteiger charge is 2.23. The van der Waals surface area contributed by atoms with Crippen LogP contribution in [0.15, 0.2) is 24.3 Å². The van der Waals surface area contributed by atoms with E-state index in [1.54, 1.807) is 0 Å². The molecule has 1 rings (SSSR count). The lowest BCUT2D eigenvalue weighted by Crippen LogP contribution is -2.49. The average Bonchev–Trinajstić information content (AvgIpc) is 2.45. The molecule has 0 amide bonds. The second kappa shape index (κ2) is 8.90. The summed E-state index contributed by atoms with van der Waals surface area (Å²) in [4.78, 5) is 0. The van der Waals surface area contributed by atoms with Gasteiger partial charge in [-0.3, -0.25) is 0 Å². The minimum Gasteiger partial charge on any atom is -0.490 e. The van der Waals surface area contributed by atoms with Gasteiger partial charge in [-0.2, -0.15) is 0 Å². The first-order valence-electron chi connectivity index (χ1n) is 7.74. The minimum absolute atomic E-state index is 0.126. The molecule has 0 saturated heterocycles. The van der Waals surface area contributed by atoms with Crippen LogP contribution in [-0.4, -0.2) is 36.5 Å². The predicted octanol–water partition coefficient (Wildman–Crippen LogP) is 2.99. The van der Waals surface area contributed by atoms with Gasteiger partial charge in [-0.05, 0) is 38.8 Å². The molecule has 4 nitrogen and oxygen atoms in total. The maximum Gasteiger partial charge on any atom is 0.161 e. The van der Waals surface area contributed by atoms with Gasteiger partial charge in [0.1, 0.15) is 0 Å². The SMILES string of the molecule is CCOc1ccccc1OCCCC(C)(CO)NC(C)C. The van der Waals surface area contributed by atoms with E-state index in [0.717, 1.165) is 24.3 Å². The molecule has 4 heteroatoms. The second-order valence-corrected chi connectivity index (χ2v) is 5.85. The number of rotatable bonds is 10. The fourth-order valence-corrected chi connectivity index (χ4v) is 2.38. The Morgan fingerprint density at radius 3 is 2.33 bits per heavy atom. The van der Waals surface area contributed by atoms with Gasteiger partial charge in [0, 0.05) is 11.6 Å². The van der Waals surface area contributed by atoms with E-state index in [0.29, 0.717) is 19.3 Å². The second-order valence-electron chi connectivity index (χ2n) is 5.85. The Balaban J connectivity index is 2.43. The first-order chi connectivity index (χ1) is 10.0. The van der Waals surface area contributed by atoms with Crippen LogP contribution in [0.2, 0.25) is 0 Å². The Morgan fingerprint density at radius 1 is 1.19 bits per heavy atom. The summed E-state index contributed by atoms with van der Waals surface area (Å²) in [7, 11) is 0. The van der Waals surface area contributed by atoms with E-state index in [9.17, 15) is 5.11 Å². The zero-order valence-corrected chi connectivity index (χ0v) is 13.7. The number of hydrogen-bond donors (Lipinski definition) is 2. The Bertz CT molecular complexity index is 409. The summed E-state index contributed by atoms with van der Waals surface area (Å²) in [5.74, 6) is 1.56. The van der Waals surface area contributed by atoms with E-state index < -0.39 is 0 Å². The van der Waals surface area contributed by atoms with Gasteiger partial charge < -0.3 is 19.9 Å². The van der Waals surface area contributed by atoms with Gasteiger partial charge in [-0.1, -0.05) is 26.0 Å².